The van der Waals surface area contributed by atoms with Crippen LogP contribution in [0.25, 0.3) is 0 Å². The summed E-state index contributed by atoms with van der Waals surface area (Å²) in [6.07, 6.45) is -2.10. The number of unbranched alkanes of at least 4 members (excludes halogenated alkanes) is 27. The molecule has 3 aliphatic rings. The summed E-state index contributed by atoms with van der Waals surface area (Å²) in [5, 5.41) is 117. The van der Waals surface area contributed by atoms with E-state index in [-0.39, 0.29) is 12.8 Å². The Morgan fingerprint density at radius 1 is 0.425 bits per heavy atom. The fourth-order valence-corrected chi connectivity index (χ4v) is 11.3. The molecule has 0 aromatic rings. The highest BCUT2D eigenvalue weighted by Crippen LogP contribution is 2.49. The number of aliphatic hydroxyl groups excluding tert-OH is 11. The molecule has 2 saturated heterocycles. The van der Waals surface area contributed by atoms with Gasteiger partial charge in [0.1, 0.15) is 92.1 Å². The van der Waals surface area contributed by atoms with Gasteiger partial charge in [-0.1, -0.05) is 187 Å². The number of esters is 2. The van der Waals surface area contributed by atoms with Gasteiger partial charge in [-0.2, -0.15) is 0 Å². The van der Waals surface area contributed by atoms with Gasteiger partial charge in [0.2, 0.25) is 0 Å². The Morgan fingerprint density at radius 3 is 1.10 bits per heavy atom. The molecule has 0 aromatic carbocycles. The monoisotopic (exact) mass is 1180 g/mol. The van der Waals surface area contributed by atoms with Gasteiger partial charge in [-0.25, -0.2) is 4.57 Å². The first-order valence-electron chi connectivity index (χ1n) is 30.4. The van der Waals surface area contributed by atoms with Gasteiger partial charge in [0.25, 0.3) is 0 Å². The van der Waals surface area contributed by atoms with E-state index in [9.17, 15) is 75.2 Å². The van der Waals surface area contributed by atoms with Crippen molar-refractivity contribution in [1.29, 1.82) is 0 Å². The molecule has 12 N–H and O–H groups in total. The minimum atomic E-state index is -5.63. The number of aliphatic hydroxyl groups is 11. The topological polar surface area (TPSA) is 368 Å². The summed E-state index contributed by atoms with van der Waals surface area (Å²) >= 11 is 0. The third-order valence-corrected chi connectivity index (χ3v) is 16.4. The van der Waals surface area contributed by atoms with E-state index >= 15 is 0 Å². The van der Waals surface area contributed by atoms with Crippen molar-refractivity contribution in [2.24, 2.45) is 0 Å². The molecule has 3 fully saturated rings. The Kier molecular flexibility index (Phi) is 37.7. The molecule has 0 radical (unpaired) electrons. The standard InChI is InChI=1S/C56H105O23P/c1-3-5-7-9-11-13-15-17-19-21-23-25-27-29-31-33-42(60)74-38(36-72-41(59)32-30-28-26-24-22-20-18-16-14-12-10-8-6-4-2)37-73-80(70,71)79-54-52(77-55-50(68)45(63)43(61)39(34-57)75-55)48(66)47(65)49(67)53(54)78-56-51(69)46(64)44(62)40(35-58)76-56/h38-40,43-58,61-69H,3-37H2,1-2H3,(H,70,71)/t38-,39?,40?,43-,44+,45?,46?,47?,48?,49?,50-,51+,52-,53?,54?,55-,56+/m1/s1. The van der Waals surface area contributed by atoms with Gasteiger partial charge in [-0.05, 0) is 12.8 Å². The van der Waals surface area contributed by atoms with Gasteiger partial charge in [-0.15, -0.1) is 0 Å². The van der Waals surface area contributed by atoms with Crippen molar-refractivity contribution in [3.63, 3.8) is 0 Å². The van der Waals surface area contributed by atoms with Gasteiger partial charge < -0.3 is 89.5 Å². The van der Waals surface area contributed by atoms with Crippen molar-refractivity contribution < 1.29 is 113 Å². The Hall–Kier alpha value is -1.55. The summed E-state index contributed by atoms with van der Waals surface area (Å²) < 4.78 is 58.2. The fourth-order valence-electron chi connectivity index (χ4n) is 10.4. The minimum absolute atomic E-state index is 0.0246. The molecule has 0 bridgehead atoms. The number of carbonyl (C=O) groups excluding carboxylic acids is 2. The Labute approximate surface area is 474 Å². The third kappa shape index (κ3) is 26.8. The zero-order valence-electron chi connectivity index (χ0n) is 47.9. The molecular formula is C56H105O23P. The Bertz CT molecular complexity index is 1600. The number of rotatable bonds is 45. The summed E-state index contributed by atoms with van der Waals surface area (Å²) in [5.74, 6) is -1.32. The Balaban J connectivity index is 1.69. The van der Waals surface area contributed by atoms with Crippen molar-refractivity contribution in [3.8, 4) is 0 Å². The summed E-state index contributed by atoms with van der Waals surface area (Å²) in [7, 11) is -5.63. The summed E-state index contributed by atoms with van der Waals surface area (Å²) in [6.45, 7) is 1.04. The van der Waals surface area contributed by atoms with Crippen LogP contribution in [-0.2, 0) is 51.6 Å². The first-order chi connectivity index (χ1) is 38.4. The van der Waals surface area contributed by atoms with Crippen LogP contribution in [0.1, 0.15) is 213 Å². The number of ether oxygens (including phenoxy) is 6. The van der Waals surface area contributed by atoms with Crippen LogP contribution in [0.4, 0.5) is 0 Å². The largest absolute Gasteiger partial charge is 0.472 e. The maximum absolute atomic E-state index is 14.0. The zero-order valence-corrected chi connectivity index (χ0v) is 48.8. The quantitative estimate of drug-likeness (QED) is 0.0226. The summed E-state index contributed by atoms with van der Waals surface area (Å²) in [4.78, 5) is 37.5. The smallest absolute Gasteiger partial charge is 0.462 e. The van der Waals surface area contributed by atoms with E-state index < -0.39 is 150 Å². The second kappa shape index (κ2) is 41.5. The predicted molar refractivity (Wildman–Crippen MR) is 291 cm³/mol. The molecule has 10 unspecified atom stereocenters. The number of hydrogen-bond donors (Lipinski definition) is 12. The highest BCUT2D eigenvalue weighted by Gasteiger charge is 2.58. The fraction of sp³-hybridized carbons (Fsp3) is 0.964. The number of hydrogen-bond acceptors (Lipinski definition) is 22. The summed E-state index contributed by atoms with van der Waals surface area (Å²) in [6, 6.07) is 0. The van der Waals surface area contributed by atoms with E-state index in [0.717, 1.165) is 57.8 Å². The van der Waals surface area contributed by atoms with Crippen molar-refractivity contribution in [2.45, 2.75) is 317 Å². The molecule has 0 spiro atoms. The van der Waals surface area contributed by atoms with E-state index in [2.05, 4.69) is 13.8 Å². The lowest BCUT2D eigenvalue weighted by atomic mass is 9.84. The van der Waals surface area contributed by atoms with Gasteiger partial charge >= 0.3 is 19.8 Å². The van der Waals surface area contributed by atoms with E-state index in [0.29, 0.717) is 12.8 Å². The molecule has 80 heavy (non-hydrogen) atoms. The predicted octanol–water partition coefficient (Wildman–Crippen LogP) is 4.54. The lowest BCUT2D eigenvalue weighted by Gasteiger charge is -2.49. The van der Waals surface area contributed by atoms with Crippen molar-refractivity contribution >= 4 is 19.8 Å². The first-order valence-corrected chi connectivity index (χ1v) is 31.9. The number of carbonyl (C=O) groups is 2. The average molecular weight is 1180 g/mol. The van der Waals surface area contributed by atoms with Crippen LogP contribution < -0.4 is 0 Å². The van der Waals surface area contributed by atoms with Gasteiger partial charge in [0, 0.05) is 12.8 Å². The van der Waals surface area contributed by atoms with Crippen molar-refractivity contribution in [2.75, 3.05) is 26.4 Å². The molecule has 24 heteroatoms. The Morgan fingerprint density at radius 2 is 0.750 bits per heavy atom. The number of phosphoric acid groups is 1. The molecule has 0 amide bonds. The lowest BCUT2D eigenvalue weighted by molar-refractivity contribution is -0.360. The molecular weight excluding hydrogens is 1070 g/mol. The number of phosphoric ester groups is 1. The van der Waals surface area contributed by atoms with Crippen LogP contribution in [0, 0.1) is 0 Å². The SMILES string of the molecule is CCCCCCCCCCCCCCCCCC(=O)O[C@H](COC(=O)CCCCCCCCCCCCCCCC)COP(=O)(O)OC1C(O[C@@H]2OC(CO)[C@H](O)C(O)[C@@H]2O)C(O)C(O)C(O)[C@H]1O[C@H]1OC(CO)[C@@H](O)C(O)[C@H]1O. The van der Waals surface area contributed by atoms with Crippen molar-refractivity contribution in [1.82, 2.24) is 0 Å². The zero-order chi connectivity index (χ0) is 58.9. The highest BCUT2D eigenvalue weighted by molar-refractivity contribution is 7.47. The molecule has 0 aromatic heterocycles. The molecule has 18 atom stereocenters. The van der Waals surface area contributed by atoms with Crippen LogP contribution in [-0.4, -0.2) is 204 Å². The second-order valence-corrected chi connectivity index (χ2v) is 23.6. The van der Waals surface area contributed by atoms with Gasteiger partial charge in [0.15, 0.2) is 18.7 Å². The van der Waals surface area contributed by atoms with Gasteiger partial charge in [0.05, 0.1) is 19.8 Å². The van der Waals surface area contributed by atoms with E-state index in [1.165, 1.54) is 116 Å². The average Bonchev–Trinajstić information content (AvgIpc) is 3.47. The highest BCUT2D eigenvalue weighted by atomic mass is 31.2. The molecule has 472 valence electrons. The maximum atomic E-state index is 14.0. The molecule has 2 heterocycles. The molecule has 1 aliphatic carbocycles. The van der Waals surface area contributed by atoms with Crippen LogP contribution in [0.3, 0.4) is 0 Å². The van der Waals surface area contributed by atoms with Gasteiger partial charge in [-0.3, -0.25) is 18.6 Å². The third-order valence-electron chi connectivity index (χ3n) is 15.4. The van der Waals surface area contributed by atoms with E-state index in [1.54, 1.807) is 0 Å². The summed E-state index contributed by atoms with van der Waals surface area (Å²) in [5.41, 5.74) is 0. The molecule has 1 saturated carbocycles. The normalized spacial score (nSPS) is 31.2. The molecule has 23 nitrogen and oxygen atoms in total. The van der Waals surface area contributed by atoms with Crippen LogP contribution in [0.15, 0.2) is 0 Å². The van der Waals surface area contributed by atoms with Crippen molar-refractivity contribution in [3.05, 3.63) is 0 Å². The van der Waals surface area contributed by atoms with Crippen LogP contribution in [0.5, 0.6) is 0 Å². The molecule has 3 rings (SSSR count). The van der Waals surface area contributed by atoms with E-state index in [1.807, 2.05) is 0 Å². The second-order valence-electron chi connectivity index (χ2n) is 22.2. The minimum Gasteiger partial charge on any atom is -0.462 e. The maximum Gasteiger partial charge on any atom is 0.472 e. The lowest BCUT2D eigenvalue weighted by Crippen LogP contribution is -2.69. The van der Waals surface area contributed by atoms with E-state index in [4.69, 9.17) is 37.5 Å². The molecule has 2 aliphatic heterocycles. The first kappa shape index (κ1) is 72.7. The van der Waals surface area contributed by atoms with Crippen LogP contribution >= 0.6 is 7.82 Å². The van der Waals surface area contributed by atoms with Crippen LogP contribution in [0.2, 0.25) is 0 Å².